The normalized spacial score (nSPS) is 10.7. The topological polar surface area (TPSA) is 51.0 Å². The Morgan fingerprint density at radius 2 is 2.05 bits per heavy atom. The lowest BCUT2D eigenvalue weighted by Gasteiger charge is -2.09. The van der Waals surface area contributed by atoms with E-state index in [-0.39, 0.29) is 0 Å². The van der Waals surface area contributed by atoms with Gasteiger partial charge in [0, 0.05) is 13.0 Å². The first-order valence-corrected chi connectivity index (χ1v) is 7.32. The first-order valence-electron chi connectivity index (χ1n) is 6.52. The standard InChI is InChI=1S/C14H18BrN3O/c1-4-8-16-14-12(15)9(3)17-13(18-14)11-7-6-10(5-2)19-11/h6-7H,4-5,8H2,1-3H3,(H,16,17,18). The van der Waals surface area contributed by atoms with Gasteiger partial charge in [-0.25, -0.2) is 9.97 Å². The summed E-state index contributed by atoms with van der Waals surface area (Å²) in [5, 5.41) is 3.29. The monoisotopic (exact) mass is 323 g/mol. The van der Waals surface area contributed by atoms with Crippen LogP contribution in [0.5, 0.6) is 0 Å². The maximum absolute atomic E-state index is 5.71. The van der Waals surface area contributed by atoms with Crippen molar-refractivity contribution in [3.63, 3.8) is 0 Å². The molecular formula is C14H18BrN3O. The molecule has 0 saturated carbocycles. The van der Waals surface area contributed by atoms with Crippen LogP contribution in [0.2, 0.25) is 0 Å². The molecule has 2 aromatic heterocycles. The summed E-state index contributed by atoms with van der Waals surface area (Å²) in [6.45, 7) is 7.02. The molecule has 0 atom stereocenters. The number of hydrogen-bond acceptors (Lipinski definition) is 4. The molecule has 0 fully saturated rings. The zero-order chi connectivity index (χ0) is 13.8. The fourth-order valence-electron chi connectivity index (χ4n) is 1.72. The molecule has 0 aliphatic carbocycles. The third kappa shape index (κ3) is 3.15. The van der Waals surface area contributed by atoms with Gasteiger partial charge in [0.25, 0.3) is 0 Å². The average molecular weight is 324 g/mol. The number of rotatable bonds is 5. The van der Waals surface area contributed by atoms with Gasteiger partial charge in [-0.1, -0.05) is 13.8 Å². The first-order chi connectivity index (χ1) is 9.15. The van der Waals surface area contributed by atoms with E-state index in [1.807, 2.05) is 19.1 Å². The molecule has 0 aliphatic rings. The van der Waals surface area contributed by atoms with E-state index < -0.39 is 0 Å². The average Bonchev–Trinajstić information content (AvgIpc) is 2.89. The molecule has 0 aromatic carbocycles. The zero-order valence-electron chi connectivity index (χ0n) is 11.5. The summed E-state index contributed by atoms with van der Waals surface area (Å²) in [6.07, 6.45) is 1.92. The summed E-state index contributed by atoms with van der Waals surface area (Å²) in [5.74, 6) is 3.10. The van der Waals surface area contributed by atoms with Crippen molar-refractivity contribution in [3.05, 3.63) is 28.1 Å². The predicted molar refractivity (Wildman–Crippen MR) is 80.3 cm³/mol. The van der Waals surface area contributed by atoms with Crippen molar-refractivity contribution in [2.24, 2.45) is 0 Å². The molecule has 2 aromatic rings. The highest BCUT2D eigenvalue weighted by Crippen LogP contribution is 2.27. The Labute approximate surface area is 121 Å². The van der Waals surface area contributed by atoms with Crippen LogP contribution in [0.4, 0.5) is 5.82 Å². The molecule has 4 nitrogen and oxygen atoms in total. The van der Waals surface area contributed by atoms with Gasteiger partial charge in [0.1, 0.15) is 11.6 Å². The molecule has 102 valence electrons. The number of aromatic nitrogens is 2. The highest BCUT2D eigenvalue weighted by Gasteiger charge is 2.13. The fraction of sp³-hybridized carbons (Fsp3) is 0.429. The van der Waals surface area contributed by atoms with Crippen LogP contribution < -0.4 is 5.32 Å². The summed E-state index contributed by atoms with van der Waals surface area (Å²) < 4.78 is 6.61. The van der Waals surface area contributed by atoms with E-state index in [0.29, 0.717) is 11.6 Å². The fourth-order valence-corrected chi connectivity index (χ4v) is 2.04. The van der Waals surface area contributed by atoms with Crippen molar-refractivity contribution >= 4 is 21.7 Å². The molecule has 0 bridgehead atoms. The maximum atomic E-state index is 5.71. The van der Waals surface area contributed by atoms with Gasteiger partial charge in [0.05, 0.1) is 10.2 Å². The van der Waals surface area contributed by atoms with Gasteiger partial charge in [0.2, 0.25) is 0 Å². The van der Waals surface area contributed by atoms with Gasteiger partial charge in [-0.15, -0.1) is 0 Å². The molecule has 0 spiro atoms. The Morgan fingerprint density at radius 1 is 1.26 bits per heavy atom. The molecule has 0 saturated heterocycles. The summed E-state index contributed by atoms with van der Waals surface area (Å²) in [4.78, 5) is 8.99. The number of aryl methyl sites for hydroxylation is 2. The number of nitrogens with one attached hydrogen (secondary N) is 1. The molecule has 1 N–H and O–H groups in total. The summed E-state index contributed by atoms with van der Waals surface area (Å²) >= 11 is 3.52. The second-order valence-corrected chi connectivity index (χ2v) is 5.13. The van der Waals surface area contributed by atoms with Crippen LogP contribution in [0.3, 0.4) is 0 Å². The van der Waals surface area contributed by atoms with E-state index in [4.69, 9.17) is 4.42 Å². The van der Waals surface area contributed by atoms with Gasteiger partial charge in [-0.05, 0) is 41.4 Å². The van der Waals surface area contributed by atoms with Crippen LogP contribution in [0.1, 0.15) is 31.7 Å². The van der Waals surface area contributed by atoms with Crippen molar-refractivity contribution in [1.82, 2.24) is 9.97 Å². The highest BCUT2D eigenvalue weighted by atomic mass is 79.9. The summed E-state index contributed by atoms with van der Waals surface area (Å²) in [5.41, 5.74) is 0.901. The van der Waals surface area contributed by atoms with Crippen LogP contribution in [-0.4, -0.2) is 16.5 Å². The van der Waals surface area contributed by atoms with Crippen molar-refractivity contribution in [2.75, 3.05) is 11.9 Å². The minimum Gasteiger partial charge on any atom is -0.458 e. The molecule has 0 amide bonds. The summed E-state index contributed by atoms with van der Waals surface area (Å²) in [6, 6.07) is 3.89. The highest BCUT2D eigenvalue weighted by molar-refractivity contribution is 9.10. The van der Waals surface area contributed by atoms with Crippen molar-refractivity contribution < 1.29 is 4.42 Å². The molecule has 0 radical (unpaired) electrons. The second kappa shape index (κ2) is 6.19. The van der Waals surface area contributed by atoms with Crippen LogP contribution in [0.15, 0.2) is 21.0 Å². The van der Waals surface area contributed by atoms with E-state index >= 15 is 0 Å². The molecule has 2 rings (SSSR count). The number of nitrogens with zero attached hydrogens (tertiary/aromatic N) is 2. The first kappa shape index (κ1) is 14.1. The number of anilines is 1. The van der Waals surface area contributed by atoms with E-state index in [0.717, 1.165) is 41.1 Å². The molecule has 5 heteroatoms. The molecule has 19 heavy (non-hydrogen) atoms. The van der Waals surface area contributed by atoms with Crippen LogP contribution >= 0.6 is 15.9 Å². The number of halogens is 1. The Bertz CT molecular complexity index is 566. The molecule has 0 aliphatic heterocycles. The van der Waals surface area contributed by atoms with Crippen molar-refractivity contribution in [3.8, 4) is 11.6 Å². The summed E-state index contributed by atoms with van der Waals surface area (Å²) in [7, 11) is 0. The Kier molecular flexibility index (Phi) is 4.58. The zero-order valence-corrected chi connectivity index (χ0v) is 13.0. The van der Waals surface area contributed by atoms with Gasteiger partial charge >= 0.3 is 0 Å². The van der Waals surface area contributed by atoms with Gasteiger partial charge in [0.15, 0.2) is 11.6 Å². The Morgan fingerprint density at radius 3 is 2.68 bits per heavy atom. The molecule has 0 unspecified atom stereocenters. The quantitative estimate of drug-likeness (QED) is 0.896. The smallest absolute Gasteiger partial charge is 0.197 e. The largest absolute Gasteiger partial charge is 0.458 e. The van der Waals surface area contributed by atoms with Crippen LogP contribution in [-0.2, 0) is 6.42 Å². The second-order valence-electron chi connectivity index (χ2n) is 4.34. The Hall–Kier alpha value is -1.36. The number of furan rings is 1. The molecule has 2 heterocycles. The lowest BCUT2D eigenvalue weighted by atomic mass is 10.3. The SMILES string of the molecule is CCCNc1nc(-c2ccc(CC)o2)nc(C)c1Br. The van der Waals surface area contributed by atoms with Crippen LogP contribution in [0.25, 0.3) is 11.6 Å². The van der Waals surface area contributed by atoms with E-state index in [1.165, 1.54) is 0 Å². The Balaban J connectivity index is 2.37. The van der Waals surface area contributed by atoms with Gasteiger partial charge < -0.3 is 9.73 Å². The predicted octanol–water partition coefficient (Wildman–Crippen LogP) is 4.19. The lowest BCUT2D eigenvalue weighted by molar-refractivity contribution is 0.525. The third-order valence-electron chi connectivity index (χ3n) is 2.79. The number of hydrogen-bond donors (Lipinski definition) is 1. The third-order valence-corrected chi connectivity index (χ3v) is 3.74. The van der Waals surface area contributed by atoms with E-state index in [1.54, 1.807) is 0 Å². The van der Waals surface area contributed by atoms with E-state index in [9.17, 15) is 0 Å². The lowest BCUT2D eigenvalue weighted by Crippen LogP contribution is -2.05. The van der Waals surface area contributed by atoms with Crippen molar-refractivity contribution in [1.29, 1.82) is 0 Å². The van der Waals surface area contributed by atoms with Gasteiger partial charge in [-0.2, -0.15) is 0 Å². The van der Waals surface area contributed by atoms with Crippen LogP contribution in [0, 0.1) is 6.92 Å². The maximum Gasteiger partial charge on any atom is 0.197 e. The minimum absolute atomic E-state index is 0.624. The van der Waals surface area contributed by atoms with E-state index in [2.05, 4.69) is 45.1 Å². The minimum atomic E-state index is 0.624. The molecular weight excluding hydrogens is 306 g/mol. The van der Waals surface area contributed by atoms with Crippen molar-refractivity contribution in [2.45, 2.75) is 33.6 Å². The van der Waals surface area contributed by atoms with Gasteiger partial charge in [-0.3, -0.25) is 0 Å².